The molecule has 122 valence electrons. The van der Waals surface area contributed by atoms with Gasteiger partial charge in [-0.05, 0) is 55.3 Å². The Labute approximate surface area is 132 Å². The third-order valence-electron chi connectivity index (χ3n) is 4.19. The van der Waals surface area contributed by atoms with Gasteiger partial charge < -0.3 is 15.7 Å². The van der Waals surface area contributed by atoms with Gasteiger partial charge in [-0.1, -0.05) is 6.07 Å². The summed E-state index contributed by atoms with van der Waals surface area (Å²) in [5.74, 6) is 0.329. The van der Waals surface area contributed by atoms with Gasteiger partial charge in [0.05, 0.1) is 5.56 Å². The highest BCUT2D eigenvalue weighted by molar-refractivity contribution is 5.70. The van der Waals surface area contributed by atoms with Crippen molar-refractivity contribution < 1.29 is 18.3 Å². The molecule has 1 aliphatic heterocycles. The van der Waals surface area contributed by atoms with E-state index in [2.05, 4.69) is 0 Å². The highest BCUT2D eigenvalue weighted by Crippen LogP contribution is 2.40. The number of nitrogens with two attached hydrogens (primary N) is 1. The summed E-state index contributed by atoms with van der Waals surface area (Å²) in [4.78, 5) is 1.91. The van der Waals surface area contributed by atoms with E-state index in [1.807, 2.05) is 11.0 Å². The van der Waals surface area contributed by atoms with E-state index >= 15 is 0 Å². The zero-order chi connectivity index (χ0) is 16.6. The van der Waals surface area contributed by atoms with Crippen molar-refractivity contribution in [3.05, 3.63) is 53.6 Å². The number of phenolic OH excluding ortho intramolecular Hbond substituents is 1. The van der Waals surface area contributed by atoms with Crippen LogP contribution >= 0.6 is 0 Å². The average Bonchev–Trinajstić information content (AvgIpc) is 2.54. The van der Waals surface area contributed by atoms with Gasteiger partial charge in [-0.25, -0.2) is 0 Å². The maximum absolute atomic E-state index is 12.7. The maximum Gasteiger partial charge on any atom is 0.416 e. The molecule has 3 nitrogen and oxygen atoms in total. The van der Waals surface area contributed by atoms with Gasteiger partial charge in [0.15, 0.2) is 0 Å². The first kappa shape index (κ1) is 15.7. The highest BCUT2D eigenvalue weighted by Gasteiger charge is 2.31. The molecule has 0 aliphatic carbocycles. The molecule has 1 atom stereocenters. The number of nitrogens with zero attached hydrogens (tertiary/aromatic N) is 1. The second-order valence-corrected chi connectivity index (χ2v) is 5.74. The Morgan fingerprint density at radius 2 is 1.83 bits per heavy atom. The molecule has 0 fully saturated rings. The molecule has 1 aliphatic rings. The van der Waals surface area contributed by atoms with Crippen molar-refractivity contribution in [1.82, 2.24) is 0 Å². The van der Waals surface area contributed by atoms with Gasteiger partial charge in [-0.2, -0.15) is 13.2 Å². The van der Waals surface area contributed by atoms with Crippen LogP contribution in [0.4, 0.5) is 24.5 Å². The zero-order valence-corrected chi connectivity index (χ0v) is 12.3. The number of hydrogen-bond acceptors (Lipinski definition) is 3. The zero-order valence-electron chi connectivity index (χ0n) is 12.3. The van der Waals surface area contributed by atoms with Gasteiger partial charge in [0.2, 0.25) is 0 Å². The topological polar surface area (TPSA) is 49.5 Å². The quantitative estimate of drug-likeness (QED) is 0.887. The van der Waals surface area contributed by atoms with E-state index in [9.17, 15) is 18.3 Å². The van der Waals surface area contributed by atoms with E-state index in [0.29, 0.717) is 25.2 Å². The number of alkyl halides is 3. The molecule has 6 heteroatoms. The molecule has 0 saturated carbocycles. The molecule has 1 unspecified atom stereocenters. The van der Waals surface area contributed by atoms with Crippen LogP contribution in [0.15, 0.2) is 42.5 Å². The van der Waals surface area contributed by atoms with E-state index in [1.165, 1.54) is 12.1 Å². The minimum atomic E-state index is -4.35. The number of halogens is 3. The Hall–Kier alpha value is -2.21. The lowest BCUT2D eigenvalue weighted by Crippen LogP contribution is -2.35. The first-order valence-electron chi connectivity index (χ1n) is 7.36. The lowest BCUT2D eigenvalue weighted by atomic mass is 9.91. The van der Waals surface area contributed by atoms with Crippen molar-refractivity contribution in [3.8, 4) is 5.75 Å². The standard InChI is InChI=1S/C17H17F3N2O/c18-17(19,20)12-4-6-13(7-5-12)22-10-11(9-21)8-14-15(22)2-1-3-16(14)23/h1-7,11,23H,8-10,21H2. The van der Waals surface area contributed by atoms with E-state index < -0.39 is 11.7 Å². The summed E-state index contributed by atoms with van der Waals surface area (Å²) in [7, 11) is 0. The summed E-state index contributed by atoms with van der Waals surface area (Å²) in [6.45, 7) is 1.06. The molecular formula is C17H17F3N2O. The molecule has 0 bridgehead atoms. The lowest BCUT2D eigenvalue weighted by molar-refractivity contribution is -0.137. The van der Waals surface area contributed by atoms with Crippen molar-refractivity contribution in [2.24, 2.45) is 11.7 Å². The molecular weight excluding hydrogens is 305 g/mol. The third kappa shape index (κ3) is 2.99. The number of rotatable bonds is 2. The van der Waals surface area contributed by atoms with E-state index in [0.717, 1.165) is 23.4 Å². The minimum absolute atomic E-state index is 0.137. The summed E-state index contributed by atoms with van der Waals surface area (Å²) < 4.78 is 38.1. The Bertz CT molecular complexity index is 698. The number of benzene rings is 2. The first-order valence-corrected chi connectivity index (χ1v) is 7.36. The van der Waals surface area contributed by atoms with Gasteiger partial charge in [-0.3, -0.25) is 0 Å². The van der Waals surface area contributed by atoms with Crippen molar-refractivity contribution in [2.45, 2.75) is 12.6 Å². The molecule has 0 aromatic heterocycles. The molecule has 2 aromatic carbocycles. The Kier molecular flexibility index (Phi) is 3.93. The van der Waals surface area contributed by atoms with E-state index in [4.69, 9.17) is 5.73 Å². The van der Waals surface area contributed by atoms with Gasteiger partial charge in [0.25, 0.3) is 0 Å². The van der Waals surface area contributed by atoms with Crippen LogP contribution in [0.3, 0.4) is 0 Å². The minimum Gasteiger partial charge on any atom is -0.508 e. The molecule has 0 saturated heterocycles. The van der Waals surface area contributed by atoms with Crippen LogP contribution in [0.2, 0.25) is 0 Å². The molecule has 2 aromatic rings. The van der Waals surface area contributed by atoms with Crippen molar-refractivity contribution in [1.29, 1.82) is 0 Å². The summed E-state index contributed by atoms with van der Waals surface area (Å²) in [6.07, 6.45) is -3.69. The molecule has 0 spiro atoms. The van der Waals surface area contributed by atoms with Crippen LogP contribution in [-0.4, -0.2) is 18.2 Å². The van der Waals surface area contributed by atoms with Crippen LogP contribution in [0.25, 0.3) is 0 Å². The van der Waals surface area contributed by atoms with Crippen molar-refractivity contribution in [2.75, 3.05) is 18.0 Å². The predicted octanol–water partition coefficient (Wildman–Crippen LogP) is 3.68. The SMILES string of the molecule is NCC1Cc2c(O)cccc2N(c2ccc(C(F)(F)F)cc2)C1. The summed E-state index contributed by atoms with van der Waals surface area (Å²) in [5.41, 5.74) is 7.35. The first-order chi connectivity index (χ1) is 10.9. The van der Waals surface area contributed by atoms with Crippen molar-refractivity contribution >= 4 is 11.4 Å². The second-order valence-electron chi connectivity index (χ2n) is 5.74. The Morgan fingerprint density at radius 1 is 1.13 bits per heavy atom. The second kappa shape index (κ2) is 5.77. The molecule has 1 heterocycles. The third-order valence-corrected chi connectivity index (χ3v) is 4.19. The molecule has 0 amide bonds. The fourth-order valence-corrected chi connectivity index (χ4v) is 2.97. The molecule has 3 rings (SSSR count). The monoisotopic (exact) mass is 322 g/mol. The van der Waals surface area contributed by atoms with E-state index in [-0.39, 0.29) is 11.7 Å². The number of fused-ring (bicyclic) bond motifs is 1. The lowest BCUT2D eigenvalue weighted by Gasteiger charge is -2.36. The van der Waals surface area contributed by atoms with Crippen LogP contribution in [0.5, 0.6) is 5.75 Å². The van der Waals surface area contributed by atoms with Crippen LogP contribution in [-0.2, 0) is 12.6 Å². The Morgan fingerprint density at radius 3 is 2.43 bits per heavy atom. The van der Waals surface area contributed by atoms with Gasteiger partial charge in [0, 0.05) is 23.5 Å². The summed E-state index contributed by atoms with van der Waals surface area (Å²) >= 11 is 0. The fraction of sp³-hybridized carbons (Fsp3) is 0.294. The van der Waals surface area contributed by atoms with Crippen LogP contribution < -0.4 is 10.6 Å². The Balaban J connectivity index is 2.01. The average molecular weight is 322 g/mol. The summed E-state index contributed by atoms with van der Waals surface area (Å²) in [5, 5.41) is 10.1. The molecule has 0 radical (unpaired) electrons. The number of anilines is 2. The highest BCUT2D eigenvalue weighted by atomic mass is 19.4. The van der Waals surface area contributed by atoms with E-state index in [1.54, 1.807) is 12.1 Å². The van der Waals surface area contributed by atoms with Crippen LogP contribution in [0.1, 0.15) is 11.1 Å². The fourth-order valence-electron chi connectivity index (χ4n) is 2.97. The normalized spacial score (nSPS) is 17.9. The maximum atomic E-state index is 12.7. The van der Waals surface area contributed by atoms with Gasteiger partial charge in [-0.15, -0.1) is 0 Å². The largest absolute Gasteiger partial charge is 0.508 e. The number of aromatic hydroxyl groups is 1. The molecule has 3 N–H and O–H groups in total. The van der Waals surface area contributed by atoms with Gasteiger partial charge >= 0.3 is 6.18 Å². The smallest absolute Gasteiger partial charge is 0.416 e. The molecule has 23 heavy (non-hydrogen) atoms. The summed E-state index contributed by atoms with van der Waals surface area (Å²) in [6, 6.07) is 10.3. The van der Waals surface area contributed by atoms with Gasteiger partial charge in [0.1, 0.15) is 5.75 Å². The van der Waals surface area contributed by atoms with Crippen LogP contribution in [0, 0.1) is 5.92 Å². The van der Waals surface area contributed by atoms with Crippen molar-refractivity contribution in [3.63, 3.8) is 0 Å². The number of phenols is 1. The predicted molar refractivity (Wildman–Crippen MR) is 82.8 cm³/mol. The number of hydrogen-bond donors (Lipinski definition) is 2.